The van der Waals surface area contributed by atoms with E-state index < -0.39 is 10.8 Å². The number of hydrogen-bond acceptors (Lipinski definition) is 10. The Morgan fingerprint density at radius 1 is 0.644 bits per heavy atom. The number of carbonyl (C=O) groups is 2. The SMILES string of the molecule is O=C(Nc1cncc(Cc2ccccc2)n1)C1(c2ccc3c(c2)OCO3)CC1.O=C(Nc1cncc(Cl)n1)C1(c2ccc3c(c2)OCO3)CC1.[CH2-]c1ccccc1.[Zn+][Br]. The Morgan fingerprint density at radius 2 is 1.12 bits per heavy atom. The third kappa shape index (κ3) is 10.2. The van der Waals surface area contributed by atoms with Gasteiger partial charge in [0.15, 0.2) is 34.6 Å². The van der Waals surface area contributed by atoms with Gasteiger partial charge in [-0.2, -0.15) is 24.6 Å². The predicted octanol–water partition coefficient (Wildman–Crippen LogP) is 8.71. The first-order valence-corrected chi connectivity index (χ1v) is 26.0. The Morgan fingerprint density at radius 3 is 1.59 bits per heavy atom. The van der Waals surface area contributed by atoms with Crippen LogP contribution in [0.1, 0.15) is 53.6 Å². The van der Waals surface area contributed by atoms with Crippen LogP contribution in [0.2, 0.25) is 5.15 Å². The number of fused-ring (bicyclic) bond motifs is 2. The molecule has 2 N–H and O–H groups in total. The van der Waals surface area contributed by atoms with Crippen LogP contribution in [0.5, 0.6) is 23.0 Å². The normalized spacial score (nSPS) is 15.1. The molecule has 2 aliphatic carbocycles. The van der Waals surface area contributed by atoms with E-state index in [1.807, 2.05) is 97.1 Å². The van der Waals surface area contributed by atoms with Gasteiger partial charge in [0.1, 0.15) is 5.15 Å². The molecule has 4 heterocycles. The van der Waals surface area contributed by atoms with E-state index in [9.17, 15) is 9.59 Å². The van der Waals surface area contributed by atoms with Gasteiger partial charge in [-0.15, -0.1) is 12.1 Å². The first-order chi connectivity index (χ1) is 28.8. The van der Waals surface area contributed by atoms with E-state index in [4.69, 9.17) is 30.5 Å². The van der Waals surface area contributed by atoms with Crippen LogP contribution in [0.15, 0.2) is 122 Å². The second-order valence-electron chi connectivity index (χ2n) is 14.0. The summed E-state index contributed by atoms with van der Waals surface area (Å²) in [6.45, 7) is 4.16. The number of benzene rings is 4. The number of carbonyl (C=O) groups excluding carboxylic acids is 2. The first kappa shape index (κ1) is 41.6. The van der Waals surface area contributed by atoms with Gasteiger partial charge in [0, 0.05) is 12.6 Å². The number of nitrogens with zero attached hydrogens (tertiary/aromatic N) is 4. The molecule has 2 fully saturated rings. The quantitative estimate of drug-likeness (QED) is 0.112. The second-order valence-corrected chi connectivity index (χ2v) is 14.4. The number of halogens is 2. The Labute approximate surface area is 363 Å². The molecule has 0 unspecified atom stereocenters. The number of aromatic nitrogens is 4. The zero-order chi connectivity index (χ0) is 41.2. The van der Waals surface area contributed by atoms with Gasteiger partial charge in [-0.1, -0.05) is 60.1 Å². The summed E-state index contributed by atoms with van der Waals surface area (Å²) in [7, 11) is 0. The van der Waals surface area contributed by atoms with Gasteiger partial charge in [-0.25, -0.2) is 9.97 Å². The Kier molecular flexibility index (Phi) is 13.4. The van der Waals surface area contributed by atoms with Gasteiger partial charge in [0.2, 0.25) is 25.4 Å². The molecular weight excluding hydrogens is 889 g/mol. The third-order valence-corrected chi connectivity index (χ3v) is 10.2. The summed E-state index contributed by atoms with van der Waals surface area (Å²) in [5.74, 6) is 3.47. The maximum atomic E-state index is 13.0. The molecule has 15 heteroatoms. The molecular formula is C44H38BrClN6O6Zn. The molecule has 59 heavy (non-hydrogen) atoms. The predicted molar refractivity (Wildman–Crippen MR) is 222 cm³/mol. The van der Waals surface area contributed by atoms with Crippen LogP contribution in [-0.4, -0.2) is 45.3 Å². The number of ether oxygens (including phenoxy) is 4. The average Bonchev–Trinajstić information content (AvgIpc) is 4.16. The molecule has 4 aliphatic rings. The van der Waals surface area contributed by atoms with Crippen LogP contribution >= 0.6 is 25.2 Å². The van der Waals surface area contributed by atoms with Gasteiger partial charge >= 0.3 is 30.0 Å². The van der Waals surface area contributed by atoms with E-state index in [0.29, 0.717) is 35.3 Å². The molecule has 0 atom stereocenters. The summed E-state index contributed by atoms with van der Waals surface area (Å²) in [5, 5.41) is 5.98. The molecule has 296 valence electrons. The van der Waals surface area contributed by atoms with Crippen LogP contribution in [0.3, 0.4) is 0 Å². The summed E-state index contributed by atoms with van der Waals surface area (Å²) in [4.78, 5) is 42.4. The van der Waals surface area contributed by atoms with E-state index in [-0.39, 0.29) is 30.6 Å². The Balaban J connectivity index is 0.000000151. The molecule has 2 amide bonds. The topological polar surface area (TPSA) is 147 Å². The fourth-order valence-electron chi connectivity index (χ4n) is 6.64. The molecule has 0 bridgehead atoms. The molecule has 2 aromatic heterocycles. The summed E-state index contributed by atoms with van der Waals surface area (Å²) in [6, 6.07) is 31.3. The second kappa shape index (κ2) is 19.0. The first-order valence-electron chi connectivity index (χ1n) is 18.7. The van der Waals surface area contributed by atoms with Crippen molar-refractivity contribution >= 4 is 48.7 Å². The van der Waals surface area contributed by atoms with Crippen molar-refractivity contribution in [2.24, 2.45) is 0 Å². The van der Waals surface area contributed by atoms with Crippen molar-refractivity contribution in [2.45, 2.75) is 42.9 Å². The van der Waals surface area contributed by atoms with Crippen LogP contribution in [-0.2, 0) is 43.2 Å². The van der Waals surface area contributed by atoms with Gasteiger partial charge < -0.3 is 29.6 Å². The monoisotopic (exact) mass is 924 g/mol. The molecule has 0 saturated heterocycles. The van der Waals surface area contributed by atoms with Crippen LogP contribution in [0, 0.1) is 6.92 Å². The van der Waals surface area contributed by atoms with E-state index >= 15 is 0 Å². The molecule has 6 aromatic rings. The Bertz CT molecular complexity index is 2410. The number of anilines is 2. The van der Waals surface area contributed by atoms with E-state index in [0.717, 1.165) is 59.4 Å². The third-order valence-electron chi connectivity index (χ3n) is 10.1. The summed E-state index contributed by atoms with van der Waals surface area (Å²) < 4.78 is 21.5. The van der Waals surface area contributed by atoms with E-state index in [1.54, 1.807) is 12.4 Å². The van der Waals surface area contributed by atoms with Crippen molar-refractivity contribution in [1.29, 1.82) is 0 Å². The molecule has 4 aromatic carbocycles. The fraction of sp³-hybridized carbons (Fsp3) is 0.205. The van der Waals surface area contributed by atoms with Crippen LogP contribution in [0.4, 0.5) is 11.6 Å². The molecule has 2 aliphatic heterocycles. The van der Waals surface area contributed by atoms with Crippen molar-refractivity contribution in [3.05, 3.63) is 162 Å². The number of rotatable bonds is 8. The van der Waals surface area contributed by atoms with Crippen molar-refractivity contribution < 1.29 is 44.9 Å². The molecule has 10 rings (SSSR count). The van der Waals surface area contributed by atoms with Gasteiger partial charge in [-0.3, -0.25) is 19.6 Å². The Hall–Kier alpha value is -5.56. The van der Waals surface area contributed by atoms with Gasteiger partial charge in [-0.05, 0) is 66.6 Å². The summed E-state index contributed by atoms with van der Waals surface area (Å²) in [6.07, 6.45) is 10.0. The maximum absolute atomic E-state index is 13.0. The number of nitrogens with one attached hydrogen (secondary N) is 2. The van der Waals surface area contributed by atoms with Crippen LogP contribution in [0.25, 0.3) is 0 Å². The zero-order valence-electron chi connectivity index (χ0n) is 31.9. The average molecular weight is 928 g/mol. The van der Waals surface area contributed by atoms with Crippen molar-refractivity contribution in [3.8, 4) is 23.0 Å². The molecule has 0 spiro atoms. The molecule has 12 nitrogen and oxygen atoms in total. The van der Waals surface area contributed by atoms with Gasteiger partial charge in [0.05, 0.1) is 35.1 Å². The summed E-state index contributed by atoms with van der Waals surface area (Å²) in [5.41, 5.74) is 3.84. The number of hydrogen-bond donors (Lipinski definition) is 2. The zero-order valence-corrected chi connectivity index (χ0v) is 37.2. The van der Waals surface area contributed by atoms with Crippen molar-refractivity contribution in [3.63, 3.8) is 0 Å². The van der Waals surface area contributed by atoms with Gasteiger partial charge in [0.25, 0.3) is 0 Å². The standard InChI is InChI=1S/C22H19N3O3.C15H12ClN3O3.C7H7.BrH.Zn/c26-21(22(8-9-22)16-6-7-18-19(11-16)28-14-27-18)25-20-13-23-12-17(24-20)10-15-4-2-1-3-5-15;16-12-6-17-7-13(18-12)19-14(20)15(3-4-15)9-1-2-10-11(5-9)22-8-21-10;1-7-5-3-2-4-6-7;;/h1-7,11-13H,8-10,14H2,(H,24,25,26);1-2,5-7H,3-4,8H2,(H,18,19,20);2-6H,1H2;1H;/q;;-1;;+2/p-1. The van der Waals surface area contributed by atoms with Crippen molar-refractivity contribution in [1.82, 2.24) is 19.9 Å². The molecule has 2 saturated carbocycles. The number of amides is 2. The van der Waals surface area contributed by atoms with E-state index in [1.165, 1.54) is 28.7 Å². The van der Waals surface area contributed by atoms with Crippen LogP contribution < -0.4 is 29.6 Å². The molecule has 0 radical (unpaired) electrons. The minimum absolute atomic E-state index is 0.0578. The fourth-order valence-corrected chi connectivity index (χ4v) is 6.79. The van der Waals surface area contributed by atoms with Crippen molar-refractivity contribution in [2.75, 3.05) is 24.2 Å². The van der Waals surface area contributed by atoms with E-state index in [2.05, 4.69) is 51.1 Å². The summed E-state index contributed by atoms with van der Waals surface area (Å²) >= 11 is 10.0. The minimum atomic E-state index is -0.537.